The molecule has 1 aliphatic carbocycles. The van der Waals surface area contributed by atoms with E-state index in [0.29, 0.717) is 0 Å². The third-order valence-electron chi connectivity index (χ3n) is 12.9. The summed E-state index contributed by atoms with van der Waals surface area (Å²) in [4.78, 5) is 30.9. The van der Waals surface area contributed by atoms with Crippen molar-refractivity contribution in [2.75, 3.05) is 36.0 Å². The second kappa shape index (κ2) is 8.20. The van der Waals surface area contributed by atoms with E-state index in [4.69, 9.17) is 19.6 Å². The molecule has 7 aliphatic rings. The van der Waals surface area contributed by atoms with Gasteiger partial charge in [-0.3, -0.25) is 0 Å². The maximum absolute atomic E-state index is 11.8. The second-order valence-corrected chi connectivity index (χ2v) is 14.8. The summed E-state index contributed by atoms with van der Waals surface area (Å²) in [5.41, 5.74) is 9.54. The number of rotatable bonds is 1. The Labute approximate surface area is 274 Å². The molecule has 0 aromatic heterocycles. The molecule has 0 radical (unpaired) electrons. The van der Waals surface area contributed by atoms with Crippen molar-refractivity contribution in [1.82, 2.24) is 0 Å². The lowest BCUT2D eigenvalue weighted by molar-refractivity contribution is -0.340. The molecule has 2 N–H and O–H groups in total. The number of aromatic hydroxyl groups is 2. The normalized spacial score (nSPS) is 25.1. The molecule has 0 bridgehead atoms. The molecule has 6 heterocycles. The van der Waals surface area contributed by atoms with Crippen LogP contribution in [-0.2, 0) is 35.5 Å². The molecular formula is C40H30N2O6. The van der Waals surface area contributed by atoms with Crippen LogP contribution in [0.15, 0.2) is 48.5 Å². The van der Waals surface area contributed by atoms with Crippen LogP contribution in [0.4, 0.5) is 11.4 Å². The fraction of sp³-hybridized carbons (Fsp3) is 0.300. The Morgan fingerprint density at radius 2 is 0.833 bits per heavy atom. The van der Waals surface area contributed by atoms with Crippen LogP contribution in [0.2, 0.25) is 0 Å². The van der Waals surface area contributed by atoms with Crippen LogP contribution < -0.4 is 19.6 Å². The fourth-order valence-electron chi connectivity index (χ4n) is 10.9. The van der Waals surface area contributed by atoms with Crippen LogP contribution in [0.1, 0.15) is 45.2 Å². The number of benzene rings is 6. The molecule has 13 rings (SSSR count). The van der Waals surface area contributed by atoms with Crippen LogP contribution in [-0.4, -0.2) is 48.6 Å². The van der Waals surface area contributed by atoms with E-state index in [1.54, 1.807) is 0 Å². The summed E-state index contributed by atoms with van der Waals surface area (Å²) < 4.78 is 0. The third-order valence-corrected chi connectivity index (χ3v) is 12.9. The largest absolute Gasteiger partial charge is 0.507 e. The van der Waals surface area contributed by atoms with Gasteiger partial charge >= 0.3 is 0 Å². The molecule has 2 unspecified atom stereocenters. The minimum atomic E-state index is -0.450. The number of anilines is 2. The maximum atomic E-state index is 11.8. The SMILES string of the molecule is Oc1ccc2c3c4c5c(ccc(O)c5c(C5C6OOc7ccc8c9c%10c%11c(ccc%12c%11c(c79)C6C5OO%12)CCN%10CC8)c13)CCN4CC2. The van der Waals surface area contributed by atoms with Gasteiger partial charge in [0.15, 0.2) is 11.5 Å². The Bertz CT molecular complexity index is 2400. The molecule has 48 heavy (non-hydrogen) atoms. The lowest BCUT2D eigenvalue weighted by atomic mass is 9.60. The maximum Gasteiger partial charge on any atom is 0.173 e. The van der Waals surface area contributed by atoms with Crippen LogP contribution >= 0.6 is 0 Å². The van der Waals surface area contributed by atoms with Gasteiger partial charge in [0.05, 0.1) is 11.4 Å². The number of hydrogen-bond acceptors (Lipinski definition) is 8. The number of hydrogen-bond donors (Lipinski definition) is 2. The highest BCUT2D eigenvalue weighted by molar-refractivity contribution is 6.22. The predicted molar refractivity (Wildman–Crippen MR) is 182 cm³/mol. The van der Waals surface area contributed by atoms with Gasteiger partial charge in [0.1, 0.15) is 23.7 Å². The average Bonchev–Trinajstić information content (AvgIpc) is 3.34. The molecule has 0 saturated heterocycles. The number of phenolic OH excluding ortho intramolecular Hbond substituents is 2. The van der Waals surface area contributed by atoms with Gasteiger partial charge in [0.2, 0.25) is 0 Å². The van der Waals surface area contributed by atoms with Gasteiger partial charge in [0, 0.05) is 81.1 Å². The molecule has 8 nitrogen and oxygen atoms in total. The van der Waals surface area contributed by atoms with Crippen molar-refractivity contribution < 1.29 is 29.8 Å². The van der Waals surface area contributed by atoms with Gasteiger partial charge in [-0.05, 0) is 83.3 Å². The summed E-state index contributed by atoms with van der Waals surface area (Å²) in [5, 5.41) is 32.0. The third kappa shape index (κ3) is 2.67. The lowest BCUT2D eigenvalue weighted by Gasteiger charge is -2.49. The molecule has 6 aromatic carbocycles. The molecule has 1 saturated carbocycles. The first-order chi connectivity index (χ1) is 23.7. The van der Waals surface area contributed by atoms with E-state index in [1.165, 1.54) is 44.3 Å². The van der Waals surface area contributed by atoms with Crippen molar-refractivity contribution in [1.29, 1.82) is 0 Å². The standard InChI is InChI=1S/C40H30N2O6/c43-21-5-1-17-9-13-41-14-10-18-2-6-22(44)30-26(18)37(41)25(17)29(21)33(30)35-39-36-34-31-23(45-47-39)7-3-19-11-15-42-16-12-20-4-8-24(46-48-40(35)36)32(34)28(20)38(42)27(19)31/h1-8,35-36,39-40,43-44H,9-16H2. The molecular weight excluding hydrogens is 604 g/mol. The summed E-state index contributed by atoms with van der Waals surface area (Å²) in [6, 6.07) is 16.3. The molecule has 236 valence electrons. The van der Waals surface area contributed by atoms with Gasteiger partial charge in [-0.1, -0.05) is 24.3 Å². The summed E-state index contributed by atoms with van der Waals surface area (Å²) in [6.45, 7) is 3.83. The van der Waals surface area contributed by atoms with E-state index in [0.717, 1.165) is 107 Å². The molecule has 6 aliphatic heterocycles. The molecule has 8 heteroatoms. The van der Waals surface area contributed by atoms with E-state index in [1.807, 2.05) is 12.1 Å². The first-order valence-electron chi connectivity index (χ1n) is 17.3. The Hall–Kier alpha value is -4.92. The zero-order valence-electron chi connectivity index (χ0n) is 26.0. The van der Waals surface area contributed by atoms with E-state index in [2.05, 4.69) is 46.2 Å². The Balaban J connectivity index is 1.15. The van der Waals surface area contributed by atoms with Gasteiger partial charge in [-0.25, -0.2) is 0 Å². The number of phenols is 2. The zero-order valence-corrected chi connectivity index (χ0v) is 26.0. The number of nitrogens with zero attached hydrogens (tertiary/aromatic N) is 2. The minimum Gasteiger partial charge on any atom is -0.507 e. The van der Waals surface area contributed by atoms with Crippen LogP contribution in [0, 0.1) is 0 Å². The van der Waals surface area contributed by atoms with Gasteiger partial charge in [-0.15, -0.1) is 0 Å². The molecule has 0 spiro atoms. The van der Waals surface area contributed by atoms with Crippen molar-refractivity contribution in [3.63, 3.8) is 0 Å². The van der Waals surface area contributed by atoms with Crippen molar-refractivity contribution >= 4 is 54.5 Å². The summed E-state index contributed by atoms with van der Waals surface area (Å²) in [5.74, 6) is 1.26. The fourth-order valence-corrected chi connectivity index (χ4v) is 10.9. The average molecular weight is 635 g/mol. The smallest absolute Gasteiger partial charge is 0.173 e. The van der Waals surface area contributed by atoms with Crippen molar-refractivity contribution in [3.8, 4) is 23.0 Å². The van der Waals surface area contributed by atoms with E-state index in [-0.39, 0.29) is 17.4 Å². The Morgan fingerprint density at radius 3 is 1.27 bits per heavy atom. The Kier molecular flexibility index (Phi) is 4.29. The molecule has 1 fully saturated rings. The minimum absolute atomic E-state index is 0.188. The van der Waals surface area contributed by atoms with E-state index < -0.39 is 18.1 Å². The predicted octanol–water partition coefficient (Wildman–Crippen LogP) is 6.81. The highest BCUT2D eigenvalue weighted by atomic mass is 17.2. The summed E-state index contributed by atoms with van der Waals surface area (Å²) in [7, 11) is 0. The van der Waals surface area contributed by atoms with E-state index in [9.17, 15) is 10.2 Å². The van der Waals surface area contributed by atoms with Crippen LogP contribution in [0.3, 0.4) is 0 Å². The van der Waals surface area contributed by atoms with Crippen molar-refractivity contribution in [2.24, 2.45) is 0 Å². The lowest BCUT2D eigenvalue weighted by Crippen LogP contribution is -2.54. The first-order valence-corrected chi connectivity index (χ1v) is 17.3. The Morgan fingerprint density at radius 1 is 0.458 bits per heavy atom. The topological polar surface area (TPSA) is 83.9 Å². The molecule has 2 atom stereocenters. The first kappa shape index (κ1) is 25.1. The quantitative estimate of drug-likeness (QED) is 0.151. The molecule has 0 amide bonds. The van der Waals surface area contributed by atoms with Crippen LogP contribution in [0.5, 0.6) is 23.0 Å². The van der Waals surface area contributed by atoms with E-state index >= 15 is 0 Å². The van der Waals surface area contributed by atoms with Gasteiger partial charge < -0.3 is 29.8 Å². The van der Waals surface area contributed by atoms with Crippen molar-refractivity contribution in [2.45, 2.75) is 49.7 Å². The van der Waals surface area contributed by atoms with Crippen molar-refractivity contribution in [3.05, 3.63) is 81.9 Å². The van der Waals surface area contributed by atoms with Gasteiger partial charge in [0.25, 0.3) is 0 Å². The highest BCUT2D eigenvalue weighted by Gasteiger charge is 2.61. The van der Waals surface area contributed by atoms with Crippen LogP contribution in [0.25, 0.3) is 43.1 Å². The molecule has 6 aromatic rings. The zero-order chi connectivity index (χ0) is 31.2. The van der Waals surface area contributed by atoms with Gasteiger partial charge in [-0.2, -0.15) is 9.78 Å². The monoisotopic (exact) mass is 634 g/mol. The summed E-state index contributed by atoms with van der Waals surface area (Å²) >= 11 is 0. The summed E-state index contributed by atoms with van der Waals surface area (Å²) in [6.07, 6.45) is 2.88. The second-order valence-electron chi connectivity index (χ2n) is 14.8. The highest BCUT2D eigenvalue weighted by Crippen LogP contribution is 2.65.